The smallest absolute Gasteiger partial charge is 0.194 e. The molecule has 3 rings (SSSR count). The van der Waals surface area contributed by atoms with E-state index in [9.17, 15) is 0 Å². The van der Waals surface area contributed by atoms with Gasteiger partial charge in [-0.3, -0.25) is 4.99 Å². The first kappa shape index (κ1) is 15.8. The van der Waals surface area contributed by atoms with Crippen molar-refractivity contribution < 1.29 is 0 Å². The van der Waals surface area contributed by atoms with E-state index in [0.717, 1.165) is 17.9 Å². The lowest BCUT2D eigenvalue weighted by molar-refractivity contribution is 0.454. The van der Waals surface area contributed by atoms with Crippen LogP contribution in [0.4, 0.5) is 5.82 Å². The molecule has 1 aromatic carbocycles. The summed E-state index contributed by atoms with van der Waals surface area (Å²) in [6.07, 6.45) is 6.45. The van der Waals surface area contributed by atoms with Gasteiger partial charge in [-0.1, -0.05) is 42.6 Å². The van der Waals surface area contributed by atoms with E-state index in [2.05, 4.69) is 27.4 Å². The van der Waals surface area contributed by atoms with Crippen LogP contribution in [0.1, 0.15) is 31.2 Å². The third-order valence-electron chi connectivity index (χ3n) is 4.49. The summed E-state index contributed by atoms with van der Waals surface area (Å²) in [7, 11) is 0. The number of nitrogens with two attached hydrogens (primary N) is 1. The average Bonchev–Trinajstić information content (AvgIpc) is 3.05. The Kier molecular flexibility index (Phi) is 4.82. The van der Waals surface area contributed by atoms with Gasteiger partial charge in [-0.15, -0.1) is 0 Å². The van der Waals surface area contributed by atoms with Crippen LogP contribution in [0.2, 0.25) is 5.02 Å². The van der Waals surface area contributed by atoms with Crippen molar-refractivity contribution >= 4 is 23.4 Å². The maximum absolute atomic E-state index is 6.02. The highest BCUT2D eigenvalue weighted by atomic mass is 35.5. The second-order valence-corrected chi connectivity index (χ2v) is 6.47. The number of halogens is 1. The highest BCUT2D eigenvalue weighted by Crippen LogP contribution is 2.41. The first-order valence-electron chi connectivity index (χ1n) is 7.92. The topological polar surface area (TPSA) is 63.3 Å². The molecule has 3 N–H and O–H groups in total. The average molecular weight is 329 g/mol. The molecular formula is C18H21ClN4. The summed E-state index contributed by atoms with van der Waals surface area (Å²) in [5, 5.41) is 3.80. The van der Waals surface area contributed by atoms with Gasteiger partial charge in [0, 0.05) is 16.6 Å². The van der Waals surface area contributed by atoms with Gasteiger partial charge in [0.25, 0.3) is 0 Å². The van der Waals surface area contributed by atoms with Crippen LogP contribution in [-0.2, 0) is 5.41 Å². The molecule has 4 nitrogen and oxygen atoms in total. The normalized spacial score (nSPS) is 17.2. The lowest BCUT2D eigenvalue weighted by Gasteiger charge is -2.28. The molecule has 0 aliphatic heterocycles. The zero-order chi connectivity index (χ0) is 16.1. The van der Waals surface area contributed by atoms with Gasteiger partial charge >= 0.3 is 0 Å². The van der Waals surface area contributed by atoms with Crippen LogP contribution in [0, 0.1) is 0 Å². The highest BCUT2D eigenvalue weighted by molar-refractivity contribution is 6.30. The fraction of sp³-hybridized carbons (Fsp3) is 0.333. The van der Waals surface area contributed by atoms with E-state index in [4.69, 9.17) is 17.3 Å². The Hall–Kier alpha value is -2.07. The summed E-state index contributed by atoms with van der Waals surface area (Å²) >= 11 is 6.02. The van der Waals surface area contributed by atoms with Gasteiger partial charge in [-0.2, -0.15) is 0 Å². The number of nitrogens with one attached hydrogen (secondary N) is 1. The standard InChI is InChI=1S/C18H21ClN4/c19-15-8-6-14(7-9-15)18(10-2-3-11-18)13-22-17(20)23-16-5-1-4-12-21-16/h1,4-9,12H,2-3,10-11,13H2,(H3,20,21,22,23). The number of hydrogen-bond acceptors (Lipinski definition) is 2. The van der Waals surface area contributed by atoms with Gasteiger partial charge < -0.3 is 11.1 Å². The molecule has 120 valence electrons. The van der Waals surface area contributed by atoms with Crippen molar-refractivity contribution in [2.45, 2.75) is 31.1 Å². The third-order valence-corrected chi connectivity index (χ3v) is 4.74. The molecule has 0 bridgehead atoms. The van der Waals surface area contributed by atoms with Gasteiger partial charge in [0.15, 0.2) is 5.96 Å². The number of hydrogen-bond donors (Lipinski definition) is 2. The Labute approximate surface area is 141 Å². The van der Waals surface area contributed by atoms with Gasteiger partial charge in [0.05, 0.1) is 6.54 Å². The molecule has 1 aliphatic rings. The van der Waals surface area contributed by atoms with Gasteiger partial charge in [0.1, 0.15) is 5.82 Å². The fourth-order valence-electron chi connectivity index (χ4n) is 3.24. The highest BCUT2D eigenvalue weighted by Gasteiger charge is 2.35. The van der Waals surface area contributed by atoms with Gasteiger partial charge in [-0.05, 0) is 42.7 Å². The van der Waals surface area contributed by atoms with Crippen molar-refractivity contribution in [1.82, 2.24) is 4.98 Å². The summed E-state index contributed by atoms with van der Waals surface area (Å²) in [4.78, 5) is 8.78. The summed E-state index contributed by atoms with van der Waals surface area (Å²) in [5.41, 5.74) is 7.39. The summed E-state index contributed by atoms with van der Waals surface area (Å²) in [6, 6.07) is 13.8. The Morgan fingerprint density at radius 3 is 2.57 bits per heavy atom. The molecule has 0 spiro atoms. The zero-order valence-corrected chi connectivity index (χ0v) is 13.8. The lowest BCUT2D eigenvalue weighted by atomic mass is 9.79. The number of pyridine rings is 1. The summed E-state index contributed by atoms with van der Waals surface area (Å²) in [5.74, 6) is 1.12. The maximum Gasteiger partial charge on any atom is 0.194 e. The molecule has 1 saturated carbocycles. The summed E-state index contributed by atoms with van der Waals surface area (Å²) < 4.78 is 0. The van der Waals surface area contributed by atoms with E-state index in [1.165, 1.54) is 18.4 Å². The van der Waals surface area contributed by atoms with Crippen LogP contribution in [0.3, 0.4) is 0 Å². The third kappa shape index (κ3) is 3.82. The fourth-order valence-corrected chi connectivity index (χ4v) is 3.36. The van der Waals surface area contributed by atoms with E-state index in [-0.39, 0.29) is 5.41 Å². The van der Waals surface area contributed by atoms with Crippen LogP contribution in [0.25, 0.3) is 0 Å². The predicted octanol–water partition coefficient (Wildman–Crippen LogP) is 3.97. The molecule has 0 amide bonds. The number of nitrogens with zero attached hydrogens (tertiary/aromatic N) is 2. The van der Waals surface area contributed by atoms with Crippen molar-refractivity contribution in [1.29, 1.82) is 0 Å². The minimum atomic E-state index is 0.0704. The first-order chi connectivity index (χ1) is 11.2. The van der Waals surface area contributed by atoms with Crippen LogP contribution < -0.4 is 11.1 Å². The van der Waals surface area contributed by atoms with E-state index < -0.39 is 0 Å². The van der Waals surface area contributed by atoms with Crippen LogP contribution in [-0.4, -0.2) is 17.5 Å². The molecule has 1 heterocycles. The van der Waals surface area contributed by atoms with E-state index in [1.54, 1.807) is 6.20 Å². The zero-order valence-electron chi connectivity index (χ0n) is 13.0. The quantitative estimate of drug-likeness (QED) is 0.659. The second kappa shape index (κ2) is 7.01. The van der Waals surface area contributed by atoms with E-state index in [1.807, 2.05) is 30.3 Å². The van der Waals surface area contributed by atoms with Crippen LogP contribution in [0.5, 0.6) is 0 Å². The lowest BCUT2D eigenvalue weighted by Crippen LogP contribution is -2.30. The van der Waals surface area contributed by atoms with E-state index >= 15 is 0 Å². The van der Waals surface area contributed by atoms with Crippen LogP contribution in [0.15, 0.2) is 53.7 Å². The van der Waals surface area contributed by atoms with Crippen molar-refractivity contribution in [3.63, 3.8) is 0 Å². The Morgan fingerprint density at radius 1 is 1.17 bits per heavy atom. The SMILES string of the molecule is NC(=NCC1(c2ccc(Cl)cc2)CCCC1)Nc1ccccn1. The van der Waals surface area contributed by atoms with Crippen molar-refractivity contribution in [2.75, 3.05) is 11.9 Å². The van der Waals surface area contributed by atoms with Crippen molar-refractivity contribution in [3.8, 4) is 0 Å². The molecule has 1 aromatic heterocycles. The van der Waals surface area contributed by atoms with Gasteiger partial charge in [0.2, 0.25) is 0 Å². The van der Waals surface area contributed by atoms with Crippen LogP contribution >= 0.6 is 11.6 Å². The molecule has 0 radical (unpaired) electrons. The second-order valence-electron chi connectivity index (χ2n) is 6.04. The molecule has 0 unspecified atom stereocenters. The maximum atomic E-state index is 6.02. The van der Waals surface area contributed by atoms with Gasteiger partial charge in [-0.25, -0.2) is 4.98 Å². The molecular weight excluding hydrogens is 308 g/mol. The Balaban J connectivity index is 1.75. The Morgan fingerprint density at radius 2 is 1.91 bits per heavy atom. The molecule has 1 aliphatic carbocycles. The predicted molar refractivity (Wildman–Crippen MR) is 95.9 cm³/mol. The molecule has 0 atom stereocenters. The van der Waals surface area contributed by atoms with E-state index in [0.29, 0.717) is 18.3 Å². The molecule has 2 aromatic rings. The first-order valence-corrected chi connectivity index (χ1v) is 8.30. The Bertz CT molecular complexity index is 661. The van der Waals surface area contributed by atoms with Crippen molar-refractivity contribution in [2.24, 2.45) is 10.7 Å². The number of aromatic nitrogens is 1. The molecule has 1 fully saturated rings. The number of aliphatic imine (C=N–C) groups is 1. The number of benzene rings is 1. The minimum absolute atomic E-state index is 0.0704. The number of anilines is 1. The number of rotatable bonds is 4. The monoisotopic (exact) mass is 328 g/mol. The molecule has 5 heteroatoms. The molecule has 0 saturated heterocycles. The van der Waals surface area contributed by atoms with Crippen molar-refractivity contribution in [3.05, 3.63) is 59.2 Å². The summed E-state index contributed by atoms with van der Waals surface area (Å²) in [6.45, 7) is 0.681. The molecule has 23 heavy (non-hydrogen) atoms. The number of guanidine groups is 1. The minimum Gasteiger partial charge on any atom is -0.370 e. The largest absolute Gasteiger partial charge is 0.370 e.